The monoisotopic (exact) mass is 490 g/mol. The van der Waals surface area contributed by atoms with Gasteiger partial charge in [-0.25, -0.2) is 9.37 Å². The summed E-state index contributed by atoms with van der Waals surface area (Å²) in [6.07, 6.45) is 5.85. The van der Waals surface area contributed by atoms with Gasteiger partial charge in [0, 0.05) is 66.8 Å². The maximum atomic E-state index is 14.4. The number of carbonyl (C=O) groups excluding carboxylic acids is 1. The summed E-state index contributed by atoms with van der Waals surface area (Å²) in [4.78, 5) is 27.8. The van der Waals surface area contributed by atoms with E-state index in [-0.39, 0.29) is 23.9 Å². The predicted molar refractivity (Wildman–Crippen MR) is 132 cm³/mol. The summed E-state index contributed by atoms with van der Waals surface area (Å²) in [5.41, 5.74) is 4.50. The topological polar surface area (TPSA) is 67.7 Å². The molecule has 186 valence electrons. The molecule has 2 aliphatic heterocycles. The van der Waals surface area contributed by atoms with E-state index in [0.29, 0.717) is 42.1 Å². The number of piperidine rings is 1. The highest BCUT2D eigenvalue weighted by Gasteiger charge is 2.25. The van der Waals surface area contributed by atoms with Crippen molar-refractivity contribution in [3.8, 4) is 5.75 Å². The fourth-order valence-corrected chi connectivity index (χ4v) is 5.20. The van der Waals surface area contributed by atoms with Gasteiger partial charge in [0.05, 0.1) is 19.4 Å². The average Bonchev–Trinajstić information content (AvgIpc) is 3.29. The number of aliphatic imine (C=N–C) groups is 1. The Morgan fingerprint density at radius 2 is 2.08 bits per heavy atom. The second-order valence-electron chi connectivity index (χ2n) is 9.45. The van der Waals surface area contributed by atoms with Crippen LogP contribution in [0, 0.1) is 17.7 Å². The first kappa shape index (κ1) is 24.2. The van der Waals surface area contributed by atoms with Gasteiger partial charge in [0.1, 0.15) is 17.3 Å². The molecule has 2 aromatic heterocycles. The molecule has 8 heteroatoms. The number of benzene rings is 1. The van der Waals surface area contributed by atoms with Crippen molar-refractivity contribution in [1.29, 1.82) is 0 Å². The minimum Gasteiger partial charge on any atom is -0.496 e. The van der Waals surface area contributed by atoms with Crippen molar-refractivity contribution in [2.45, 2.75) is 38.8 Å². The Labute approximate surface area is 209 Å². The predicted octanol–water partition coefficient (Wildman–Crippen LogP) is 4.53. The normalized spacial score (nSPS) is 17.5. The Kier molecular flexibility index (Phi) is 7.13. The van der Waals surface area contributed by atoms with Crippen LogP contribution in [0.25, 0.3) is 0 Å². The molecule has 36 heavy (non-hydrogen) atoms. The number of ketones is 1. The lowest BCUT2D eigenvalue weighted by Gasteiger charge is -2.32. The second-order valence-corrected chi connectivity index (χ2v) is 9.45. The number of aromatic nitrogens is 2. The maximum absolute atomic E-state index is 14.4. The lowest BCUT2D eigenvalue weighted by molar-refractivity contribution is -0.119. The van der Waals surface area contributed by atoms with Crippen LogP contribution in [0.3, 0.4) is 0 Å². The van der Waals surface area contributed by atoms with Gasteiger partial charge in [-0.1, -0.05) is 6.07 Å². The van der Waals surface area contributed by atoms with Crippen molar-refractivity contribution in [1.82, 2.24) is 14.9 Å². The average molecular weight is 491 g/mol. The number of fused-ring (bicyclic) bond motifs is 1. The number of pyridine rings is 2. The molecule has 1 fully saturated rings. The van der Waals surface area contributed by atoms with E-state index in [2.05, 4.69) is 19.9 Å². The van der Waals surface area contributed by atoms with E-state index in [1.165, 1.54) is 18.3 Å². The van der Waals surface area contributed by atoms with Crippen molar-refractivity contribution in [2.24, 2.45) is 10.9 Å². The highest BCUT2D eigenvalue weighted by Crippen LogP contribution is 2.28. The lowest BCUT2D eigenvalue weighted by Crippen LogP contribution is -2.36. The number of halogens is 2. The van der Waals surface area contributed by atoms with Gasteiger partial charge >= 0.3 is 0 Å². The van der Waals surface area contributed by atoms with Crippen molar-refractivity contribution < 1.29 is 18.3 Å². The highest BCUT2D eigenvalue weighted by atomic mass is 19.1. The second kappa shape index (κ2) is 10.6. The third-order valence-electron chi connectivity index (χ3n) is 6.88. The van der Waals surface area contributed by atoms with Gasteiger partial charge in [-0.3, -0.25) is 19.7 Å². The zero-order valence-corrected chi connectivity index (χ0v) is 20.2. The van der Waals surface area contributed by atoms with Crippen molar-refractivity contribution in [3.05, 3.63) is 88.5 Å². The molecule has 6 nitrogen and oxygen atoms in total. The summed E-state index contributed by atoms with van der Waals surface area (Å²) in [5.74, 6) is 0.116. The molecule has 0 spiro atoms. The van der Waals surface area contributed by atoms with Crippen LogP contribution in [0.2, 0.25) is 0 Å². The molecule has 1 atom stereocenters. The molecule has 0 radical (unpaired) electrons. The van der Waals surface area contributed by atoms with E-state index in [1.54, 1.807) is 31.5 Å². The molecule has 0 amide bonds. The molecule has 1 aromatic carbocycles. The Hall–Kier alpha value is -3.52. The summed E-state index contributed by atoms with van der Waals surface area (Å²) < 4.78 is 33.3. The summed E-state index contributed by atoms with van der Waals surface area (Å²) in [5, 5.41) is 0. The molecule has 2 aliphatic rings. The number of hydrogen-bond donors (Lipinski definition) is 0. The zero-order chi connectivity index (χ0) is 25.1. The van der Waals surface area contributed by atoms with E-state index in [4.69, 9.17) is 4.74 Å². The number of Topliss-reactive ketones (excluding diaryl/α,β-unsaturated/α-hetero) is 1. The first-order chi connectivity index (χ1) is 17.5. The van der Waals surface area contributed by atoms with Crippen LogP contribution in [0.4, 0.5) is 8.78 Å². The van der Waals surface area contributed by atoms with Crippen LogP contribution in [0.15, 0.2) is 53.8 Å². The molecule has 0 saturated carbocycles. The molecule has 4 heterocycles. The van der Waals surface area contributed by atoms with Gasteiger partial charge in [0.2, 0.25) is 5.95 Å². The van der Waals surface area contributed by atoms with Gasteiger partial charge < -0.3 is 4.74 Å². The van der Waals surface area contributed by atoms with E-state index < -0.39 is 5.95 Å². The van der Waals surface area contributed by atoms with E-state index in [0.717, 1.165) is 42.8 Å². The molecule has 0 unspecified atom stereocenters. The van der Waals surface area contributed by atoms with E-state index in [1.807, 2.05) is 6.07 Å². The molecular weight excluding hydrogens is 462 g/mol. The minimum absolute atomic E-state index is 0.146. The standard InChI is InChI=1S/C28H28F2N4O2/c1-36-26-6-2-5-25(29)24(26)17-34-9-3-4-18(16-34)10-22(35)13-21-11-20-14-33-28(23(20)15-32-21)19-7-8-31-27(30)12-19/h2,5-8,11-12,15,18H,3-4,9-10,13-14,16-17H2,1H3/t18-/m0/s1. The number of nitrogens with zero attached hydrogens (tertiary/aromatic N) is 4. The van der Waals surface area contributed by atoms with Crippen LogP contribution < -0.4 is 4.74 Å². The fourth-order valence-electron chi connectivity index (χ4n) is 5.20. The number of likely N-dealkylation sites (tertiary alicyclic amines) is 1. The Bertz CT molecular complexity index is 1310. The highest BCUT2D eigenvalue weighted by molar-refractivity contribution is 6.14. The van der Waals surface area contributed by atoms with Crippen LogP contribution in [0.1, 0.15) is 47.2 Å². The van der Waals surface area contributed by atoms with Crippen molar-refractivity contribution >= 4 is 11.5 Å². The van der Waals surface area contributed by atoms with Gasteiger partial charge in [-0.15, -0.1) is 0 Å². The third-order valence-corrected chi connectivity index (χ3v) is 6.88. The summed E-state index contributed by atoms with van der Waals surface area (Å²) in [7, 11) is 1.55. The maximum Gasteiger partial charge on any atom is 0.213 e. The van der Waals surface area contributed by atoms with Crippen molar-refractivity contribution in [3.63, 3.8) is 0 Å². The molecule has 0 bridgehead atoms. The van der Waals surface area contributed by atoms with Gasteiger partial charge in [-0.2, -0.15) is 4.39 Å². The summed E-state index contributed by atoms with van der Waals surface area (Å²) >= 11 is 0. The van der Waals surface area contributed by atoms with Crippen molar-refractivity contribution in [2.75, 3.05) is 20.2 Å². The SMILES string of the molecule is COc1cccc(F)c1CN1CCC[C@@H](CC(=O)Cc2cc3c(cn2)C(c2ccnc(F)c2)=NC3)C1. The molecule has 5 rings (SSSR count). The van der Waals surface area contributed by atoms with Crippen LogP contribution in [-0.4, -0.2) is 46.6 Å². The molecule has 0 aliphatic carbocycles. The zero-order valence-electron chi connectivity index (χ0n) is 20.2. The first-order valence-electron chi connectivity index (χ1n) is 12.2. The fraction of sp³-hybridized carbons (Fsp3) is 0.357. The van der Waals surface area contributed by atoms with E-state index >= 15 is 0 Å². The Balaban J connectivity index is 1.19. The van der Waals surface area contributed by atoms with Crippen LogP contribution >= 0.6 is 0 Å². The molecule has 0 N–H and O–H groups in total. The molecule has 1 saturated heterocycles. The Morgan fingerprint density at radius 1 is 1.19 bits per heavy atom. The largest absolute Gasteiger partial charge is 0.496 e. The summed E-state index contributed by atoms with van der Waals surface area (Å²) in [6.45, 7) is 2.57. The minimum atomic E-state index is -0.548. The van der Waals surface area contributed by atoms with Crippen LogP contribution in [0.5, 0.6) is 5.75 Å². The molecule has 3 aromatic rings. The molecular formula is C28H28F2N4O2. The quantitative estimate of drug-likeness (QED) is 0.434. The Morgan fingerprint density at radius 3 is 2.92 bits per heavy atom. The number of ether oxygens (including phenoxy) is 1. The number of methoxy groups -OCH3 is 1. The smallest absolute Gasteiger partial charge is 0.213 e. The van der Waals surface area contributed by atoms with Gasteiger partial charge in [-0.05, 0) is 55.1 Å². The van der Waals surface area contributed by atoms with Crippen LogP contribution in [-0.2, 0) is 24.3 Å². The van der Waals surface area contributed by atoms with Gasteiger partial charge in [0.25, 0.3) is 0 Å². The van der Waals surface area contributed by atoms with Gasteiger partial charge in [0.15, 0.2) is 0 Å². The number of rotatable bonds is 8. The summed E-state index contributed by atoms with van der Waals surface area (Å²) in [6, 6.07) is 9.89. The van der Waals surface area contributed by atoms with E-state index in [9.17, 15) is 13.6 Å². The number of hydrogen-bond acceptors (Lipinski definition) is 6. The first-order valence-corrected chi connectivity index (χ1v) is 12.2. The number of carbonyl (C=O) groups is 1. The lowest BCUT2D eigenvalue weighted by atomic mass is 9.91. The third kappa shape index (κ3) is 5.33.